The monoisotopic (exact) mass is 598 g/mol. The van der Waals surface area contributed by atoms with Gasteiger partial charge in [0.15, 0.2) is 0 Å². The van der Waals surface area contributed by atoms with Gasteiger partial charge in [0, 0.05) is 13.5 Å². The molecule has 2 aromatic carbocycles. The predicted octanol–water partition coefficient (Wildman–Crippen LogP) is 0.688. The number of hydrogen-bond acceptors (Lipinski definition) is 7. The lowest BCUT2D eigenvalue weighted by Crippen LogP contribution is -2.56. The number of amides is 4. The van der Waals surface area contributed by atoms with Gasteiger partial charge in [0.05, 0.1) is 23.6 Å². The van der Waals surface area contributed by atoms with Gasteiger partial charge in [-0.25, -0.2) is 0 Å². The van der Waals surface area contributed by atoms with Crippen molar-refractivity contribution in [1.29, 1.82) is 0 Å². The first kappa shape index (κ1) is 34.2. The average molecular weight is 599 g/mol. The van der Waals surface area contributed by atoms with E-state index >= 15 is 0 Å². The Morgan fingerprint density at radius 2 is 1.43 bits per heavy atom. The van der Waals surface area contributed by atoms with Crippen LogP contribution in [-0.2, 0) is 32.0 Å². The van der Waals surface area contributed by atoms with Crippen molar-refractivity contribution in [1.82, 2.24) is 26.6 Å². The molecule has 0 bridgehead atoms. The molecule has 42 heavy (non-hydrogen) atoms. The van der Waals surface area contributed by atoms with Crippen molar-refractivity contribution in [3.05, 3.63) is 65.7 Å². The molecule has 0 saturated carbocycles. The number of phenolic OH excluding ortho intramolecular Hbond substituents is 1. The quantitative estimate of drug-likeness (QED) is 0.147. The summed E-state index contributed by atoms with van der Waals surface area (Å²) in [7, 11) is 1.69. The summed E-state index contributed by atoms with van der Waals surface area (Å²) in [6.45, 7) is 5.12. The highest BCUT2D eigenvalue weighted by Gasteiger charge is 2.26. The number of nitrogens with two attached hydrogens (primary N) is 1. The summed E-state index contributed by atoms with van der Waals surface area (Å²) >= 11 is 5.39. The standard InChI is InChI=1S/C30H42N6O5S/c1-18(2)14-25(30(42)32-4)36-29(41)24(16-20-8-6-5-7-9-20)35-26(38)17-33-27(39)19(3)34-28(40)23(31)15-21-10-12-22(37)13-11-21/h5-13,18-19,23-25,37H,14-17,31H2,1-4H3,(H,32,42)(H,33,39)(H,34,40)(H,35,38)(H,36,41)/t19-,23+,24+,25+/m1/s1. The van der Waals surface area contributed by atoms with Gasteiger partial charge in [-0.05, 0) is 48.9 Å². The van der Waals surface area contributed by atoms with Gasteiger partial charge in [0.25, 0.3) is 0 Å². The third-order valence-corrected chi connectivity index (χ3v) is 6.91. The Morgan fingerprint density at radius 1 is 0.810 bits per heavy atom. The summed E-state index contributed by atoms with van der Waals surface area (Å²) in [4.78, 5) is 51.7. The summed E-state index contributed by atoms with van der Waals surface area (Å²) < 4.78 is 0. The Bertz CT molecular complexity index is 1210. The number of benzene rings is 2. The van der Waals surface area contributed by atoms with Crippen molar-refractivity contribution in [2.45, 2.75) is 64.2 Å². The van der Waals surface area contributed by atoms with Crippen molar-refractivity contribution in [3.8, 4) is 5.75 Å². The van der Waals surface area contributed by atoms with Gasteiger partial charge in [-0.3, -0.25) is 19.2 Å². The lowest BCUT2D eigenvalue weighted by Gasteiger charge is -2.25. The van der Waals surface area contributed by atoms with E-state index in [2.05, 4.69) is 26.6 Å². The van der Waals surface area contributed by atoms with Crippen LogP contribution in [0.4, 0.5) is 0 Å². The third kappa shape index (κ3) is 11.8. The smallest absolute Gasteiger partial charge is 0.243 e. The Hall–Kier alpha value is -4.03. The first-order valence-electron chi connectivity index (χ1n) is 13.9. The summed E-state index contributed by atoms with van der Waals surface area (Å²) in [6, 6.07) is 12.4. The molecule has 0 unspecified atom stereocenters. The molecule has 0 spiro atoms. The average Bonchev–Trinajstić information content (AvgIpc) is 2.96. The highest BCUT2D eigenvalue weighted by Crippen LogP contribution is 2.11. The van der Waals surface area contributed by atoms with Gasteiger partial charge in [-0.2, -0.15) is 0 Å². The second-order valence-corrected chi connectivity index (χ2v) is 11.0. The minimum atomic E-state index is -0.959. The highest BCUT2D eigenvalue weighted by atomic mass is 32.1. The number of hydrogen-bond donors (Lipinski definition) is 7. The maximum atomic E-state index is 13.3. The Kier molecular flexibility index (Phi) is 13.9. The lowest BCUT2D eigenvalue weighted by molar-refractivity contribution is -0.131. The molecule has 0 saturated heterocycles. The number of carbonyl (C=O) groups excluding carboxylic acids is 4. The first-order valence-corrected chi connectivity index (χ1v) is 14.3. The zero-order chi connectivity index (χ0) is 31.2. The molecule has 0 aliphatic rings. The minimum Gasteiger partial charge on any atom is -0.508 e. The van der Waals surface area contributed by atoms with Crippen LogP contribution < -0.4 is 32.3 Å². The van der Waals surface area contributed by atoms with Crippen LogP contribution in [0, 0.1) is 5.92 Å². The van der Waals surface area contributed by atoms with E-state index in [0.717, 1.165) is 11.1 Å². The summed E-state index contributed by atoms with van der Waals surface area (Å²) in [6.07, 6.45) is 1.07. The van der Waals surface area contributed by atoms with E-state index in [-0.39, 0.29) is 24.5 Å². The molecule has 0 aliphatic carbocycles. The minimum absolute atomic E-state index is 0.103. The second-order valence-electron chi connectivity index (χ2n) is 10.5. The van der Waals surface area contributed by atoms with Gasteiger partial charge >= 0.3 is 0 Å². The van der Waals surface area contributed by atoms with Crippen LogP contribution in [0.2, 0.25) is 0 Å². The second kappa shape index (κ2) is 17.0. The van der Waals surface area contributed by atoms with E-state index in [9.17, 15) is 24.3 Å². The molecule has 11 nitrogen and oxygen atoms in total. The first-order chi connectivity index (χ1) is 19.9. The molecule has 0 heterocycles. The number of aromatic hydroxyl groups is 1. The number of thiocarbonyl (C=S) groups is 1. The zero-order valence-electron chi connectivity index (χ0n) is 24.5. The van der Waals surface area contributed by atoms with Crippen LogP contribution in [0.3, 0.4) is 0 Å². The van der Waals surface area contributed by atoms with Crippen LogP contribution in [0.1, 0.15) is 38.3 Å². The number of rotatable bonds is 15. The zero-order valence-corrected chi connectivity index (χ0v) is 25.3. The maximum absolute atomic E-state index is 13.3. The van der Waals surface area contributed by atoms with Crippen LogP contribution in [0.5, 0.6) is 5.75 Å². The number of carbonyl (C=O) groups is 4. The SMILES string of the molecule is CNC(=S)[C@H](CC(C)C)NC(=O)[C@H](Cc1ccccc1)NC(=O)CNC(=O)[C@@H](C)NC(=O)[C@@H](N)Cc1ccc(O)cc1. The Labute approximate surface area is 252 Å². The van der Waals surface area contributed by atoms with E-state index < -0.39 is 54.3 Å². The van der Waals surface area contributed by atoms with Crippen molar-refractivity contribution in [2.24, 2.45) is 11.7 Å². The third-order valence-electron chi connectivity index (χ3n) is 6.42. The molecule has 0 aliphatic heterocycles. The maximum Gasteiger partial charge on any atom is 0.243 e. The fourth-order valence-corrected chi connectivity index (χ4v) is 4.29. The van der Waals surface area contributed by atoms with Crippen LogP contribution in [-0.4, -0.2) is 71.5 Å². The largest absolute Gasteiger partial charge is 0.508 e. The molecule has 228 valence electrons. The molecule has 0 aromatic heterocycles. The van der Waals surface area contributed by atoms with Gasteiger partial charge in [0.2, 0.25) is 23.6 Å². The molecular formula is C30H42N6O5S. The molecule has 8 N–H and O–H groups in total. The van der Waals surface area contributed by atoms with Crippen LogP contribution >= 0.6 is 12.2 Å². The molecule has 12 heteroatoms. The van der Waals surface area contributed by atoms with E-state index in [1.54, 1.807) is 19.2 Å². The van der Waals surface area contributed by atoms with Gasteiger partial charge < -0.3 is 37.4 Å². The predicted molar refractivity (Wildman–Crippen MR) is 166 cm³/mol. The molecule has 4 atom stereocenters. The fraction of sp³-hybridized carbons (Fsp3) is 0.433. The van der Waals surface area contributed by atoms with Crippen molar-refractivity contribution >= 4 is 40.8 Å². The van der Waals surface area contributed by atoms with Gasteiger partial charge in [-0.15, -0.1) is 0 Å². The molecule has 4 amide bonds. The number of nitrogens with one attached hydrogen (secondary N) is 5. The topological polar surface area (TPSA) is 175 Å². The van der Waals surface area contributed by atoms with Crippen LogP contribution in [0.25, 0.3) is 0 Å². The van der Waals surface area contributed by atoms with Crippen molar-refractivity contribution < 1.29 is 24.3 Å². The molecule has 2 rings (SSSR count). The Balaban J connectivity index is 1.96. The number of phenols is 1. The summed E-state index contributed by atoms with van der Waals surface area (Å²) in [5, 5.41) is 23.0. The number of likely N-dealkylation sites (N-methyl/N-ethyl adjacent to an activating group) is 1. The summed E-state index contributed by atoms with van der Waals surface area (Å²) in [5.74, 6) is -1.72. The van der Waals surface area contributed by atoms with Gasteiger partial charge in [-0.1, -0.05) is 68.5 Å². The molecule has 0 radical (unpaired) electrons. The highest BCUT2D eigenvalue weighted by molar-refractivity contribution is 7.80. The van der Waals surface area contributed by atoms with E-state index in [1.807, 2.05) is 44.2 Å². The van der Waals surface area contributed by atoms with E-state index in [0.29, 0.717) is 11.4 Å². The van der Waals surface area contributed by atoms with Crippen LogP contribution in [0.15, 0.2) is 54.6 Å². The van der Waals surface area contributed by atoms with E-state index in [4.69, 9.17) is 18.0 Å². The molecular weight excluding hydrogens is 556 g/mol. The van der Waals surface area contributed by atoms with E-state index in [1.165, 1.54) is 19.1 Å². The fourth-order valence-electron chi connectivity index (χ4n) is 4.14. The Morgan fingerprint density at radius 3 is 2.02 bits per heavy atom. The molecule has 2 aromatic rings. The lowest BCUT2D eigenvalue weighted by atomic mass is 10.0. The normalized spacial score (nSPS) is 13.7. The van der Waals surface area contributed by atoms with Crippen molar-refractivity contribution in [2.75, 3.05) is 13.6 Å². The summed E-state index contributed by atoms with van der Waals surface area (Å²) in [5.41, 5.74) is 7.57. The van der Waals surface area contributed by atoms with Crippen molar-refractivity contribution in [3.63, 3.8) is 0 Å². The molecule has 0 fully saturated rings. The van der Waals surface area contributed by atoms with Gasteiger partial charge in [0.1, 0.15) is 17.8 Å².